The van der Waals surface area contributed by atoms with Crippen LogP contribution in [0.15, 0.2) is 0 Å². The van der Waals surface area contributed by atoms with Crippen molar-refractivity contribution in [3.63, 3.8) is 0 Å². The molecule has 4 nitrogen and oxygen atoms in total. The summed E-state index contributed by atoms with van der Waals surface area (Å²) in [5.41, 5.74) is 0. The lowest BCUT2D eigenvalue weighted by atomic mass is 10.1. The summed E-state index contributed by atoms with van der Waals surface area (Å²) in [5.74, 6) is 1.90. The summed E-state index contributed by atoms with van der Waals surface area (Å²) >= 11 is 3.14. The van der Waals surface area contributed by atoms with Gasteiger partial charge in [-0.2, -0.15) is 0 Å². The smallest absolute Gasteiger partial charge is 0.110 e. The predicted molar refractivity (Wildman–Crippen MR) is 58.4 cm³/mol. The lowest BCUT2D eigenvalue weighted by Crippen LogP contribution is -2.46. The van der Waals surface area contributed by atoms with Crippen molar-refractivity contribution < 1.29 is 20.4 Å². The second-order valence-electron chi connectivity index (χ2n) is 3.32. The van der Waals surface area contributed by atoms with Gasteiger partial charge in [-0.05, 0) is 6.92 Å². The molecule has 0 amide bonds. The zero-order chi connectivity index (χ0) is 10.7. The highest BCUT2D eigenvalue weighted by molar-refractivity contribution is 8.20. The average Bonchev–Trinajstić information content (AvgIpc) is 2.67. The molecule has 0 radical (unpaired) electrons. The van der Waals surface area contributed by atoms with Crippen LogP contribution in [0.2, 0.25) is 0 Å². The molecule has 1 fully saturated rings. The Morgan fingerprint density at radius 3 is 1.93 bits per heavy atom. The fourth-order valence-corrected chi connectivity index (χ4v) is 4.14. The first-order valence-corrected chi connectivity index (χ1v) is 6.59. The van der Waals surface area contributed by atoms with Crippen molar-refractivity contribution in [2.24, 2.45) is 0 Å². The molecule has 4 atom stereocenters. The number of aliphatic hydroxyl groups excluding tert-OH is 4. The summed E-state index contributed by atoms with van der Waals surface area (Å²) in [5, 5.41) is 37.6. The molecule has 0 saturated carbocycles. The number of rotatable bonds is 4. The van der Waals surface area contributed by atoms with Crippen molar-refractivity contribution in [3.8, 4) is 0 Å². The highest BCUT2D eigenvalue weighted by Gasteiger charge is 2.35. The summed E-state index contributed by atoms with van der Waals surface area (Å²) in [6, 6.07) is 0. The van der Waals surface area contributed by atoms with Gasteiger partial charge < -0.3 is 20.4 Å². The highest BCUT2D eigenvalue weighted by atomic mass is 32.2. The Morgan fingerprint density at radius 1 is 1.00 bits per heavy atom. The maximum atomic E-state index is 9.67. The first-order chi connectivity index (χ1) is 6.54. The van der Waals surface area contributed by atoms with Gasteiger partial charge in [-0.15, -0.1) is 23.5 Å². The van der Waals surface area contributed by atoms with E-state index in [0.29, 0.717) is 0 Å². The van der Waals surface area contributed by atoms with Crippen LogP contribution in [0.1, 0.15) is 6.92 Å². The number of hydrogen-bond acceptors (Lipinski definition) is 6. The molecule has 1 saturated heterocycles. The third kappa shape index (κ3) is 3.01. The largest absolute Gasteiger partial charge is 0.391 e. The SMILES string of the molecule is C[C@H](O)[C@@H](O)[C@@H](O)[C@H](O)C1SCCS1. The topological polar surface area (TPSA) is 80.9 Å². The zero-order valence-corrected chi connectivity index (χ0v) is 9.54. The molecule has 14 heavy (non-hydrogen) atoms. The first kappa shape index (κ1) is 12.6. The van der Waals surface area contributed by atoms with Gasteiger partial charge in [0.2, 0.25) is 0 Å². The van der Waals surface area contributed by atoms with Crippen LogP contribution in [0.25, 0.3) is 0 Å². The van der Waals surface area contributed by atoms with Gasteiger partial charge in [-0.3, -0.25) is 0 Å². The van der Waals surface area contributed by atoms with E-state index in [1.807, 2.05) is 0 Å². The van der Waals surface area contributed by atoms with E-state index in [1.54, 1.807) is 23.5 Å². The zero-order valence-electron chi connectivity index (χ0n) is 7.91. The van der Waals surface area contributed by atoms with Gasteiger partial charge in [-0.1, -0.05) is 0 Å². The van der Waals surface area contributed by atoms with Gasteiger partial charge in [-0.25, -0.2) is 0 Å². The summed E-state index contributed by atoms with van der Waals surface area (Å²) in [7, 11) is 0. The number of aliphatic hydroxyl groups is 4. The third-order valence-corrected chi connectivity index (χ3v) is 5.29. The van der Waals surface area contributed by atoms with Gasteiger partial charge >= 0.3 is 0 Å². The van der Waals surface area contributed by atoms with Crippen LogP contribution in [0.5, 0.6) is 0 Å². The first-order valence-electron chi connectivity index (χ1n) is 4.49. The van der Waals surface area contributed by atoms with Crippen LogP contribution in [-0.2, 0) is 0 Å². The van der Waals surface area contributed by atoms with E-state index < -0.39 is 24.4 Å². The van der Waals surface area contributed by atoms with E-state index in [2.05, 4.69) is 0 Å². The number of thioether (sulfide) groups is 2. The Bertz CT molecular complexity index is 167. The van der Waals surface area contributed by atoms with Gasteiger partial charge in [0.25, 0.3) is 0 Å². The molecular formula is C8H16O4S2. The minimum absolute atomic E-state index is 0.0987. The van der Waals surface area contributed by atoms with E-state index in [0.717, 1.165) is 11.5 Å². The summed E-state index contributed by atoms with van der Waals surface area (Å²) < 4.78 is -0.0987. The van der Waals surface area contributed by atoms with Crippen molar-refractivity contribution in [1.82, 2.24) is 0 Å². The summed E-state index contributed by atoms with van der Waals surface area (Å²) in [6.07, 6.45) is -4.59. The molecule has 1 aliphatic rings. The lowest BCUT2D eigenvalue weighted by molar-refractivity contribution is -0.0951. The normalized spacial score (nSPS) is 27.2. The molecule has 6 heteroatoms. The summed E-state index contributed by atoms with van der Waals surface area (Å²) in [4.78, 5) is 0. The predicted octanol–water partition coefficient (Wildman–Crippen LogP) is -0.744. The van der Waals surface area contributed by atoms with Crippen LogP contribution in [0.4, 0.5) is 0 Å². The van der Waals surface area contributed by atoms with Crippen LogP contribution in [0, 0.1) is 0 Å². The average molecular weight is 240 g/mol. The van der Waals surface area contributed by atoms with E-state index >= 15 is 0 Å². The Hall–Kier alpha value is 0.540. The Labute approximate surface area is 91.7 Å². The van der Waals surface area contributed by atoms with E-state index in [1.165, 1.54) is 6.92 Å². The fourth-order valence-electron chi connectivity index (χ4n) is 1.22. The summed E-state index contributed by atoms with van der Waals surface area (Å²) in [6.45, 7) is 1.38. The number of hydrogen-bond donors (Lipinski definition) is 4. The maximum absolute atomic E-state index is 9.67. The van der Waals surface area contributed by atoms with Crippen LogP contribution in [-0.4, -0.2) is 60.9 Å². The minimum Gasteiger partial charge on any atom is -0.391 e. The molecule has 84 valence electrons. The van der Waals surface area contributed by atoms with Crippen molar-refractivity contribution in [1.29, 1.82) is 0 Å². The molecule has 1 rings (SSSR count). The molecule has 0 aromatic carbocycles. The molecule has 0 aromatic rings. The molecular weight excluding hydrogens is 224 g/mol. The molecule has 1 aliphatic heterocycles. The Morgan fingerprint density at radius 2 is 1.50 bits per heavy atom. The second-order valence-corrected chi connectivity index (χ2v) is 6.12. The van der Waals surface area contributed by atoms with E-state index in [4.69, 9.17) is 5.11 Å². The monoisotopic (exact) mass is 240 g/mol. The van der Waals surface area contributed by atoms with E-state index in [9.17, 15) is 15.3 Å². The van der Waals surface area contributed by atoms with Crippen molar-refractivity contribution in [2.45, 2.75) is 35.9 Å². The van der Waals surface area contributed by atoms with Gasteiger partial charge in [0.05, 0.1) is 10.7 Å². The molecule has 0 aliphatic carbocycles. The van der Waals surface area contributed by atoms with Gasteiger partial charge in [0, 0.05) is 11.5 Å². The fraction of sp³-hybridized carbons (Fsp3) is 1.00. The van der Waals surface area contributed by atoms with Crippen LogP contribution < -0.4 is 0 Å². The van der Waals surface area contributed by atoms with Crippen molar-refractivity contribution in [2.75, 3.05) is 11.5 Å². The molecule has 0 spiro atoms. The maximum Gasteiger partial charge on any atom is 0.110 e. The molecule has 1 heterocycles. The molecule has 0 bridgehead atoms. The van der Waals surface area contributed by atoms with E-state index in [-0.39, 0.29) is 4.58 Å². The van der Waals surface area contributed by atoms with Gasteiger partial charge in [0.1, 0.15) is 18.3 Å². The third-order valence-electron chi connectivity index (χ3n) is 2.12. The van der Waals surface area contributed by atoms with Crippen molar-refractivity contribution >= 4 is 23.5 Å². The molecule has 4 N–H and O–H groups in total. The quantitative estimate of drug-likeness (QED) is 0.518. The molecule has 0 unspecified atom stereocenters. The van der Waals surface area contributed by atoms with Crippen LogP contribution in [0.3, 0.4) is 0 Å². The molecule has 0 aromatic heterocycles. The highest BCUT2D eigenvalue weighted by Crippen LogP contribution is 2.35. The second kappa shape index (κ2) is 5.58. The Balaban J connectivity index is 2.45. The van der Waals surface area contributed by atoms with Gasteiger partial charge in [0.15, 0.2) is 0 Å². The standard InChI is InChI=1S/C8H16O4S2/c1-4(9)5(10)6(11)7(12)8-13-2-3-14-8/h4-12H,2-3H2,1H3/t4-,5+,6+,7-/m0/s1. The lowest BCUT2D eigenvalue weighted by Gasteiger charge is -2.27. The van der Waals surface area contributed by atoms with Crippen LogP contribution >= 0.6 is 23.5 Å². The van der Waals surface area contributed by atoms with Crippen molar-refractivity contribution in [3.05, 3.63) is 0 Å². The minimum atomic E-state index is -1.29. The Kier molecular flexibility index (Phi) is 5.02.